The van der Waals surface area contributed by atoms with Crippen LogP contribution in [0.3, 0.4) is 0 Å². The first-order valence-corrected chi connectivity index (χ1v) is 9.03. The number of halogens is 2. The highest BCUT2D eigenvalue weighted by Crippen LogP contribution is 2.23. The average Bonchev–Trinajstić information content (AvgIpc) is 3.02. The summed E-state index contributed by atoms with van der Waals surface area (Å²) < 4.78 is 54.6. The normalized spacial score (nSPS) is 11.3. The standard InChI is InChI=1S/C16H11F2N3O4S/c1-26(23,24)11-5-2-9(3-6-11)14(22)19-16-21-20-15(25-16)12-7-4-10(17)8-13(12)18/h2-8H,1H3,(H,19,21,22). The highest BCUT2D eigenvalue weighted by Gasteiger charge is 2.16. The second kappa shape index (κ2) is 6.64. The number of nitrogens with one attached hydrogen (secondary N) is 1. The maximum Gasteiger partial charge on any atom is 0.322 e. The van der Waals surface area contributed by atoms with Crippen LogP contribution in [0.2, 0.25) is 0 Å². The lowest BCUT2D eigenvalue weighted by atomic mass is 10.2. The largest absolute Gasteiger partial charge is 0.403 e. The van der Waals surface area contributed by atoms with Crippen molar-refractivity contribution in [2.75, 3.05) is 11.6 Å². The van der Waals surface area contributed by atoms with E-state index in [2.05, 4.69) is 15.5 Å². The minimum atomic E-state index is -3.37. The molecule has 10 heteroatoms. The van der Waals surface area contributed by atoms with Crippen LogP contribution in [0.4, 0.5) is 14.8 Å². The van der Waals surface area contributed by atoms with Crippen LogP contribution < -0.4 is 5.32 Å². The van der Waals surface area contributed by atoms with Gasteiger partial charge in [0, 0.05) is 17.9 Å². The smallest absolute Gasteiger partial charge is 0.322 e. The molecule has 3 aromatic rings. The second-order valence-corrected chi connectivity index (χ2v) is 7.30. The quantitative estimate of drug-likeness (QED) is 0.748. The Morgan fingerprint density at radius 2 is 1.77 bits per heavy atom. The Morgan fingerprint density at radius 1 is 1.08 bits per heavy atom. The molecule has 1 aromatic heterocycles. The number of anilines is 1. The summed E-state index contributed by atoms with van der Waals surface area (Å²) in [6, 6.07) is 7.76. The van der Waals surface area contributed by atoms with Gasteiger partial charge < -0.3 is 4.42 Å². The van der Waals surface area contributed by atoms with Gasteiger partial charge in [0.05, 0.1) is 10.5 Å². The van der Waals surface area contributed by atoms with Gasteiger partial charge in [-0.1, -0.05) is 5.10 Å². The summed E-state index contributed by atoms with van der Waals surface area (Å²) in [5.74, 6) is -2.50. The molecule has 0 aliphatic heterocycles. The van der Waals surface area contributed by atoms with Crippen LogP contribution in [-0.4, -0.2) is 30.8 Å². The monoisotopic (exact) mass is 379 g/mol. The third-order valence-electron chi connectivity index (χ3n) is 3.35. The molecular weight excluding hydrogens is 368 g/mol. The van der Waals surface area contributed by atoms with Gasteiger partial charge in [0.15, 0.2) is 9.84 Å². The lowest BCUT2D eigenvalue weighted by molar-refractivity contribution is 0.102. The van der Waals surface area contributed by atoms with Gasteiger partial charge in [0.2, 0.25) is 0 Å². The SMILES string of the molecule is CS(=O)(=O)c1ccc(C(=O)Nc2nnc(-c3ccc(F)cc3F)o2)cc1. The number of hydrogen-bond acceptors (Lipinski definition) is 6. The first kappa shape index (κ1) is 17.7. The number of rotatable bonds is 4. The van der Waals surface area contributed by atoms with Gasteiger partial charge >= 0.3 is 6.01 Å². The molecule has 134 valence electrons. The molecule has 1 amide bonds. The van der Waals surface area contributed by atoms with E-state index >= 15 is 0 Å². The summed E-state index contributed by atoms with van der Waals surface area (Å²) >= 11 is 0. The van der Waals surface area contributed by atoms with E-state index in [-0.39, 0.29) is 27.9 Å². The van der Waals surface area contributed by atoms with Gasteiger partial charge in [-0.2, -0.15) is 0 Å². The molecule has 0 aliphatic rings. The lowest BCUT2D eigenvalue weighted by Crippen LogP contribution is -2.12. The number of sulfone groups is 1. The lowest BCUT2D eigenvalue weighted by Gasteiger charge is -2.02. The van der Waals surface area contributed by atoms with Crippen LogP contribution >= 0.6 is 0 Å². The maximum absolute atomic E-state index is 13.7. The fourth-order valence-electron chi connectivity index (χ4n) is 2.07. The van der Waals surface area contributed by atoms with Crippen LogP contribution in [0, 0.1) is 11.6 Å². The molecule has 0 bridgehead atoms. The van der Waals surface area contributed by atoms with Gasteiger partial charge in [-0.15, -0.1) is 5.10 Å². The predicted octanol–water partition coefficient (Wildman–Crippen LogP) is 2.67. The molecule has 0 saturated heterocycles. The number of carbonyl (C=O) groups excluding carboxylic acids is 1. The van der Waals surface area contributed by atoms with E-state index < -0.39 is 27.4 Å². The van der Waals surface area contributed by atoms with Crippen molar-refractivity contribution >= 4 is 21.8 Å². The fourth-order valence-corrected chi connectivity index (χ4v) is 2.70. The molecule has 2 aromatic carbocycles. The van der Waals surface area contributed by atoms with Gasteiger partial charge in [-0.05, 0) is 36.4 Å². The van der Waals surface area contributed by atoms with E-state index in [1.54, 1.807) is 0 Å². The summed E-state index contributed by atoms with van der Waals surface area (Å²) in [7, 11) is -3.37. The van der Waals surface area contributed by atoms with E-state index in [4.69, 9.17) is 4.42 Å². The van der Waals surface area contributed by atoms with E-state index in [1.807, 2.05) is 0 Å². The second-order valence-electron chi connectivity index (χ2n) is 5.29. The first-order chi connectivity index (χ1) is 12.2. The molecular formula is C16H11F2N3O4S. The Morgan fingerprint density at radius 3 is 2.38 bits per heavy atom. The highest BCUT2D eigenvalue weighted by molar-refractivity contribution is 7.90. The van der Waals surface area contributed by atoms with E-state index in [9.17, 15) is 22.0 Å². The van der Waals surface area contributed by atoms with Crippen molar-refractivity contribution in [2.24, 2.45) is 0 Å². The molecule has 0 aliphatic carbocycles. The average molecular weight is 379 g/mol. The zero-order valence-electron chi connectivity index (χ0n) is 13.2. The molecule has 26 heavy (non-hydrogen) atoms. The van der Waals surface area contributed by atoms with Gasteiger partial charge in [-0.3, -0.25) is 10.1 Å². The number of amides is 1. The van der Waals surface area contributed by atoms with Crippen LogP contribution in [0.5, 0.6) is 0 Å². The number of hydrogen-bond donors (Lipinski definition) is 1. The Bertz CT molecular complexity index is 1080. The number of nitrogens with zero attached hydrogens (tertiary/aromatic N) is 2. The summed E-state index contributed by atoms with van der Waals surface area (Å²) in [6.45, 7) is 0. The molecule has 0 unspecified atom stereocenters. The minimum Gasteiger partial charge on any atom is -0.403 e. The summed E-state index contributed by atoms with van der Waals surface area (Å²) in [4.78, 5) is 12.2. The molecule has 0 fully saturated rings. The van der Waals surface area contributed by atoms with Crippen molar-refractivity contribution in [3.8, 4) is 11.5 Å². The summed E-state index contributed by atoms with van der Waals surface area (Å²) in [5, 5.41) is 9.48. The van der Waals surface area contributed by atoms with Crippen molar-refractivity contribution in [1.29, 1.82) is 0 Å². The van der Waals surface area contributed by atoms with Crippen LogP contribution in [-0.2, 0) is 9.84 Å². The molecule has 0 spiro atoms. The number of aromatic nitrogens is 2. The van der Waals surface area contributed by atoms with Crippen molar-refractivity contribution in [2.45, 2.75) is 4.90 Å². The van der Waals surface area contributed by atoms with E-state index in [1.165, 1.54) is 24.3 Å². The zero-order valence-corrected chi connectivity index (χ0v) is 14.0. The van der Waals surface area contributed by atoms with Crippen molar-refractivity contribution < 1.29 is 26.4 Å². The molecule has 1 N–H and O–H groups in total. The maximum atomic E-state index is 13.7. The summed E-state index contributed by atoms with van der Waals surface area (Å²) in [6.07, 6.45) is 1.05. The number of benzene rings is 2. The van der Waals surface area contributed by atoms with Gasteiger partial charge in [0.1, 0.15) is 11.6 Å². The van der Waals surface area contributed by atoms with Crippen LogP contribution in [0.15, 0.2) is 51.8 Å². The molecule has 3 rings (SSSR count). The Hall–Kier alpha value is -3.14. The van der Waals surface area contributed by atoms with E-state index in [0.717, 1.165) is 18.4 Å². The highest BCUT2D eigenvalue weighted by atomic mass is 32.2. The van der Waals surface area contributed by atoms with Crippen molar-refractivity contribution in [3.05, 3.63) is 59.7 Å². The van der Waals surface area contributed by atoms with Crippen LogP contribution in [0.1, 0.15) is 10.4 Å². The molecule has 1 heterocycles. The topological polar surface area (TPSA) is 102 Å². The molecule has 0 saturated carbocycles. The van der Waals surface area contributed by atoms with E-state index in [0.29, 0.717) is 6.07 Å². The Kier molecular flexibility index (Phi) is 4.51. The van der Waals surface area contributed by atoms with Gasteiger partial charge in [0.25, 0.3) is 11.8 Å². The summed E-state index contributed by atoms with van der Waals surface area (Å²) in [5.41, 5.74) is 0.0435. The fraction of sp³-hybridized carbons (Fsp3) is 0.0625. The molecule has 0 atom stereocenters. The Balaban J connectivity index is 1.77. The third kappa shape index (κ3) is 3.75. The first-order valence-electron chi connectivity index (χ1n) is 7.14. The van der Waals surface area contributed by atoms with Gasteiger partial charge in [-0.25, -0.2) is 17.2 Å². The van der Waals surface area contributed by atoms with Crippen LogP contribution in [0.25, 0.3) is 11.5 Å². The van der Waals surface area contributed by atoms with Crippen molar-refractivity contribution in [1.82, 2.24) is 10.2 Å². The number of carbonyl (C=O) groups is 1. The molecule has 7 nitrogen and oxygen atoms in total. The third-order valence-corrected chi connectivity index (χ3v) is 4.48. The minimum absolute atomic E-state index is 0.0703. The van der Waals surface area contributed by atoms with Crippen molar-refractivity contribution in [3.63, 3.8) is 0 Å². The predicted molar refractivity (Wildman–Crippen MR) is 87.2 cm³/mol. The Labute approximate surface area is 146 Å². The molecule has 0 radical (unpaired) electrons. The zero-order chi connectivity index (χ0) is 18.9.